The molecule has 0 saturated carbocycles. The van der Waals surface area contributed by atoms with Crippen LogP contribution in [0.15, 0.2) is 60.7 Å². The molecule has 0 atom stereocenters. The van der Waals surface area contributed by atoms with E-state index in [2.05, 4.69) is 26.9 Å². The zero-order valence-electron chi connectivity index (χ0n) is 18.4. The molecule has 5 heteroatoms. The zero-order valence-corrected chi connectivity index (χ0v) is 18.4. The summed E-state index contributed by atoms with van der Waals surface area (Å²) in [6, 6.07) is 20.1. The van der Waals surface area contributed by atoms with Crippen LogP contribution in [0.5, 0.6) is 5.75 Å². The van der Waals surface area contributed by atoms with Gasteiger partial charge in [0.2, 0.25) is 0 Å². The first-order valence-electron chi connectivity index (χ1n) is 11.1. The van der Waals surface area contributed by atoms with Gasteiger partial charge < -0.3 is 19.5 Å². The molecule has 3 aromatic rings. The van der Waals surface area contributed by atoms with Crippen molar-refractivity contribution in [3.05, 3.63) is 71.9 Å². The monoisotopic (exact) mass is 417 g/mol. The van der Waals surface area contributed by atoms with Gasteiger partial charge in [-0.2, -0.15) is 0 Å². The number of nitrogens with zero attached hydrogens (tertiary/aromatic N) is 2. The van der Waals surface area contributed by atoms with Crippen LogP contribution in [0, 0.1) is 6.92 Å². The van der Waals surface area contributed by atoms with Crippen molar-refractivity contribution in [1.29, 1.82) is 0 Å². The number of methoxy groups -OCH3 is 1. The average Bonchev–Trinajstić information content (AvgIpc) is 3.17. The van der Waals surface area contributed by atoms with Crippen molar-refractivity contribution in [2.24, 2.45) is 0 Å². The summed E-state index contributed by atoms with van der Waals surface area (Å²) >= 11 is 0. The number of rotatable bonds is 7. The highest BCUT2D eigenvalue weighted by Crippen LogP contribution is 2.30. The van der Waals surface area contributed by atoms with E-state index in [0.717, 1.165) is 48.0 Å². The van der Waals surface area contributed by atoms with E-state index in [1.807, 2.05) is 55.5 Å². The number of likely N-dealkylation sites (tertiary alicyclic amines) is 1. The van der Waals surface area contributed by atoms with Crippen LogP contribution in [0.1, 0.15) is 35.3 Å². The molecule has 2 heterocycles. The molecule has 1 aliphatic heterocycles. The van der Waals surface area contributed by atoms with Gasteiger partial charge in [0.05, 0.1) is 18.4 Å². The van der Waals surface area contributed by atoms with Crippen molar-refractivity contribution in [3.63, 3.8) is 0 Å². The fourth-order valence-electron chi connectivity index (χ4n) is 4.33. The summed E-state index contributed by atoms with van der Waals surface area (Å²) in [5.41, 5.74) is 4.73. The van der Waals surface area contributed by atoms with Crippen LogP contribution in [0.2, 0.25) is 0 Å². The molecule has 1 N–H and O–H groups in total. The van der Waals surface area contributed by atoms with Crippen molar-refractivity contribution < 1.29 is 9.53 Å². The molecule has 0 bridgehead atoms. The maximum atomic E-state index is 13.1. The van der Waals surface area contributed by atoms with Gasteiger partial charge in [-0.05, 0) is 80.9 Å². The number of ether oxygens (including phenoxy) is 1. The topological polar surface area (TPSA) is 46.5 Å². The summed E-state index contributed by atoms with van der Waals surface area (Å²) in [6.45, 7) is 5.88. The number of para-hydroxylation sites is 1. The third kappa shape index (κ3) is 4.83. The van der Waals surface area contributed by atoms with Gasteiger partial charge in [-0.1, -0.05) is 24.6 Å². The molecule has 2 aromatic carbocycles. The predicted octanol–water partition coefficient (Wildman–Crippen LogP) is 4.68. The number of benzene rings is 2. The molecule has 0 spiro atoms. The van der Waals surface area contributed by atoms with E-state index < -0.39 is 0 Å². The molecule has 1 aromatic heterocycles. The van der Waals surface area contributed by atoms with Crippen molar-refractivity contribution in [2.75, 3.05) is 33.3 Å². The Balaban J connectivity index is 1.60. The Morgan fingerprint density at radius 3 is 2.39 bits per heavy atom. The molecule has 1 fully saturated rings. The highest BCUT2D eigenvalue weighted by molar-refractivity contribution is 5.97. The molecule has 1 aliphatic rings. The Kier molecular flexibility index (Phi) is 6.73. The van der Waals surface area contributed by atoms with E-state index >= 15 is 0 Å². The molecule has 5 nitrogen and oxygen atoms in total. The Hall–Kier alpha value is -3.05. The molecule has 4 rings (SSSR count). The van der Waals surface area contributed by atoms with Gasteiger partial charge in [0.1, 0.15) is 5.75 Å². The summed E-state index contributed by atoms with van der Waals surface area (Å²) in [6.07, 6.45) is 3.85. The number of hydrogen-bond donors (Lipinski definition) is 1. The van der Waals surface area contributed by atoms with Crippen LogP contribution in [-0.2, 0) is 0 Å². The van der Waals surface area contributed by atoms with Gasteiger partial charge in [-0.3, -0.25) is 4.79 Å². The lowest BCUT2D eigenvalue weighted by atomic mass is 10.1. The van der Waals surface area contributed by atoms with Gasteiger partial charge in [0.15, 0.2) is 0 Å². The first-order valence-corrected chi connectivity index (χ1v) is 11.1. The zero-order chi connectivity index (χ0) is 21.6. The minimum Gasteiger partial charge on any atom is -0.497 e. The van der Waals surface area contributed by atoms with Crippen molar-refractivity contribution in [1.82, 2.24) is 14.8 Å². The lowest BCUT2D eigenvalue weighted by Crippen LogP contribution is -2.37. The predicted molar refractivity (Wildman–Crippen MR) is 125 cm³/mol. The number of carbonyl (C=O) groups excluding carboxylic acids is 1. The normalized spacial score (nSPS) is 14.4. The van der Waals surface area contributed by atoms with E-state index in [1.165, 1.54) is 19.3 Å². The number of hydrogen-bond acceptors (Lipinski definition) is 3. The third-order valence-corrected chi connectivity index (χ3v) is 6.05. The Morgan fingerprint density at radius 2 is 1.71 bits per heavy atom. The van der Waals surface area contributed by atoms with Gasteiger partial charge in [0.25, 0.3) is 5.91 Å². The smallest absolute Gasteiger partial charge is 0.253 e. The lowest BCUT2D eigenvalue weighted by molar-refractivity contribution is 0.0946. The Labute approximate surface area is 184 Å². The van der Waals surface area contributed by atoms with Crippen LogP contribution >= 0.6 is 0 Å². The highest BCUT2D eigenvalue weighted by atomic mass is 16.5. The van der Waals surface area contributed by atoms with E-state index in [4.69, 9.17) is 4.74 Å². The Bertz CT molecular complexity index is 1000. The molecule has 0 aliphatic carbocycles. The minimum absolute atomic E-state index is 0.0149. The summed E-state index contributed by atoms with van der Waals surface area (Å²) < 4.78 is 7.46. The number of carbonyl (C=O) groups is 1. The fourth-order valence-corrected chi connectivity index (χ4v) is 4.33. The Morgan fingerprint density at radius 1 is 1.00 bits per heavy atom. The standard InChI is InChI=1S/C26H31N3O2/c1-20-24(26(30)27-15-18-28-16-7-4-8-17-28)19-25(21-11-13-23(31-2)14-12-21)29(20)22-9-5-3-6-10-22/h3,5-6,9-14,19H,4,7-8,15-18H2,1-2H3,(H,27,30). The average molecular weight is 418 g/mol. The molecule has 0 radical (unpaired) electrons. The summed E-state index contributed by atoms with van der Waals surface area (Å²) in [4.78, 5) is 15.5. The quantitative estimate of drug-likeness (QED) is 0.607. The number of aromatic nitrogens is 1. The van der Waals surface area contributed by atoms with Crippen LogP contribution in [0.4, 0.5) is 0 Å². The molecular weight excluding hydrogens is 386 g/mol. The van der Waals surface area contributed by atoms with Crippen LogP contribution in [0.3, 0.4) is 0 Å². The molecular formula is C26H31N3O2. The molecule has 162 valence electrons. The van der Waals surface area contributed by atoms with Crippen LogP contribution < -0.4 is 10.1 Å². The van der Waals surface area contributed by atoms with Crippen LogP contribution in [0.25, 0.3) is 16.9 Å². The summed E-state index contributed by atoms with van der Waals surface area (Å²) in [7, 11) is 1.66. The molecule has 1 saturated heterocycles. The minimum atomic E-state index is -0.0149. The molecule has 31 heavy (non-hydrogen) atoms. The van der Waals surface area contributed by atoms with E-state index in [-0.39, 0.29) is 5.91 Å². The third-order valence-electron chi connectivity index (χ3n) is 6.05. The second-order valence-corrected chi connectivity index (χ2v) is 8.09. The SMILES string of the molecule is COc1ccc(-c2cc(C(=O)NCCN3CCCCC3)c(C)n2-c2ccccc2)cc1. The second kappa shape index (κ2) is 9.84. The molecule has 0 unspecified atom stereocenters. The molecule has 1 amide bonds. The van der Waals surface area contributed by atoms with Crippen molar-refractivity contribution >= 4 is 5.91 Å². The van der Waals surface area contributed by atoms with E-state index in [0.29, 0.717) is 12.1 Å². The fraction of sp³-hybridized carbons (Fsp3) is 0.346. The van der Waals surface area contributed by atoms with E-state index in [9.17, 15) is 4.79 Å². The number of amides is 1. The lowest BCUT2D eigenvalue weighted by Gasteiger charge is -2.26. The summed E-state index contributed by atoms with van der Waals surface area (Å²) in [5.74, 6) is 0.799. The highest BCUT2D eigenvalue weighted by Gasteiger charge is 2.20. The maximum Gasteiger partial charge on any atom is 0.253 e. The largest absolute Gasteiger partial charge is 0.497 e. The van der Waals surface area contributed by atoms with Crippen LogP contribution in [-0.4, -0.2) is 48.7 Å². The number of nitrogens with one attached hydrogen (secondary N) is 1. The van der Waals surface area contributed by atoms with Gasteiger partial charge in [-0.25, -0.2) is 0 Å². The first-order chi connectivity index (χ1) is 15.2. The second-order valence-electron chi connectivity index (χ2n) is 8.09. The van der Waals surface area contributed by atoms with Crippen molar-refractivity contribution in [3.8, 4) is 22.7 Å². The van der Waals surface area contributed by atoms with E-state index in [1.54, 1.807) is 7.11 Å². The maximum absolute atomic E-state index is 13.1. The van der Waals surface area contributed by atoms with Gasteiger partial charge in [-0.15, -0.1) is 0 Å². The first kappa shape index (κ1) is 21.2. The van der Waals surface area contributed by atoms with Gasteiger partial charge >= 0.3 is 0 Å². The van der Waals surface area contributed by atoms with Gasteiger partial charge in [0, 0.05) is 24.5 Å². The van der Waals surface area contributed by atoms with Crippen molar-refractivity contribution in [2.45, 2.75) is 26.2 Å². The number of piperidine rings is 1. The summed E-state index contributed by atoms with van der Waals surface area (Å²) in [5, 5.41) is 3.13.